The fourth-order valence-corrected chi connectivity index (χ4v) is 2.56. The van der Waals surface area contributed by atoms with Gasteiger partial charge in [0, 0.05) is 6.54 Å². The molecule has 25 heavy (non-hydrogen) atoms. The standard InChI is InChI=1S/C19H21N3O3/c1-12-13(2)25-18(22-12)11-21-19(24)20-10-17(23)16-8-7-14-5-3-4-6-15(14)9-16/h3-9,17,23H,10-11H2,1-2H3,(H2,20,21,24). The molecule has 130 valence electrons. The molecule has 0 fully saturated rings. The first-order valence-electron chi connectivity index (χ1n) is 8.14. The molecule has 3 rings (SSSR count). The first-order valence-corrected chi connectivity index (χ1v) is 8.14. The zero-order chi connectivity index (χ0) is 17.8. The zero-order valence-corrected chi connectivity index (χ0v) is 14.2. The number of aliphatic hydroxyl groups excluding tert-OH is 1. The summed E-state index contributed by atoms with van der Waals surface area (Å²) in [5, 5.41) is 17.8. The molecular weight excluding hydrogens is 318 g/mol. The van der Waals surface area contributed by atoms with Crippen LogP contribution in [0.1, 0.15) is 29.0 Å². The molecule has 6 nitrogen and oxygen atoms in total. The number of hydrogen-bond acceptors (Lipinski definition) is 4. The normalized spacial score (nSPS) is 12.1. The molecule has 1 atom stereocenters. The highest BCUT2D eigenvalue weighted by Crippen LogP contribution is 2.20. The molecule has 0 aliphatic carbocycles. The summed E-state index contributed by atoms with van der Waals surface area (Å²) in [6.07, 6.45) is -0.776. The van der Waals surface area contributed by atoms with Gasteiger partial charge in [-0.15, -0.1) is 0 Å². The van der Waals surface area contributed by atoms with Crippen molar-refractivity contribution in [2.24, 2.45) is 0 Å². The van der Waals surface area contributed by atoms with E-state index in [2.05, 4.69) is 15.6 Å². The summed E-state index contributed by atoms with van der Waals surface area (Å²) in [6.45, 7) is 3.99. The Morgan fingerprint density at radius 2 is 1.92 bits per heavy atom. The van der Waals surface area contributed by atoms with E-state index in [9.17, 15) is 9.90 Å². The summed E-state index contributed by atoms with van der Waals surface area (Å²) in [5.41, 5.74) is 1.57. The molecular formula is C19H21N3O3. The average molecular weight is 339 g/mol. The molecule has 0 spiro atoms. The Kier molecular flexibility index (Phi) is 5.00. The number of aryl methyl sites for hydroxylation is 2. The van der Waals surface area contributed by atoms with E-state index >= 15 is 0 Å². The number of aliphatic hydroxyl groups is 1. The van der Waals surface area contributed by atoms with Gasteiger partial charge in [0.2, 0.25) is 5.89 Å². The van der Waals surface area contributed by atoms with Gasteiger partial charge in [0.15, 0.2) is 0 Å². The number of nitrogens with zero attached hydrogens (tertiary/aromatic N) is 1. The van der Waals surface area contributed by atoms with Crippen LogP contribution >= 0.6 is 0 Å². The third-order valence-corrected chi connectivity index (χ3v) is 4.09. The topological polar surface area (TPSA) is 87.4 Å². The van der Waals surface area contributed by atoms with Gasteiger partial charge in [-0.25, -0.2) is 9.78 Å². The molecule has 2 aromatic carbocycles. The number of carbonyl (C=O) groups is 1. The molecule has 0 bridgehead atoms. The van der Waals surface area contributed by atoms with Crippen LogP contribution in [0.5, 0.6) is 0 Å². The Balaban J connectivity index is 1.52. The van der Waals surface area contributed by atoms with Gasteiger partial charge in [0.25, 0.3) is 0 Å². The van der Waals surface area contributed by atoms with Gasteiger partial charge < -0.3 is 20.2 Å². The monoisotopic (exact) mass is 339 g/mol. The molecule has 3 N–H and O–H groups in total. The number of oxazole rings is 1. The highest BCUT2D eigenvalue weighted by atomic mass is 16.4. The van der Waals surface area contributed by atoms with Crippen molar-refractivity contribution in [2.45, 2.75) is 26.5 Å². The number of aromatic nitrogens is 1. The van der Waals surface area contributed by atoms with Crippen LogP contribution in [0.2, 0.25) is 0 Å². The molecule has 3 aromatic rings. The maximum absolute atomic E-state index is 11.9. The van der Waals surface area contributed by atoms with E-state index in [0.29, 0.717) is 5.89 Å². The Labute approximate surface area is 145 Å². The molecule has 1 heterocycles. The molecule has 6 heteroatoms. The van der Waals surface area contributed by atoms with Gasteiger partial charge in [0.05, 0.1) is 18.3 Å². The summed E-state index contributed by atoms with van der Waals surface area (Å²) in [7, 11) is 0. The van der Waals surface area contributed by atoms with Crippen molar-refractivity contribution in [3.8, 4) is 0 Å². The van der Waals surface area contributed by atoms with Gasteiger partial charge in [0.1, 0.15) is 5.76 Å². The van der Waals surface area contributed by atoms with Crippen molar-refractivity contribution in [3.05, 3.63) is 65.4 Å². The lowest BCUT2D eigenvalue weighted by Crippen LogP contribution is -2.37. The molecule has 0 saturated heterocycles. The first kappa shape index (κ1) is 17.0. The second-order valence-electron chi connectivity index (χ2n) is 5.94. The molecule has 1 aromatic heterocycles. The van der Waals surface area contributed by atoms with Gasteiger partial charge in [-0.05, 0) is 36.2 Å². The van der Waals surface area contributed by atoms with Gasteiger partial charge in [-0.3, -0.25) is 0 Å². The molecule has 1 unspecified atom stereocenters. The average Bonchev–Trinajstić information content (AvgIpc) is 2.95. The molecule has 0 radical (unpaired) electrons. The van der Waals surface area contributed by atoms with Crippen molar-refractivity contribution >= 4 is 16.8 Å². The Hall–Kier alpha value is -2.86. The van der Waals surface area contributed by atoms with E-state index in [-0.39, 0.29) is 19.1 Å². The Morgan fingerprint density at radius 1 is 1.16 bits per heavy atom. The number of hydrogen-bond donors (Lipinski definition) is 3. The largest absolute Gasteiger partial charge is 0.444 e. The summed E-state index contributed by atoms with van der Waals surface area (Å²) < 4.78 is 5.40. The van der Waals surface area contributed by atoms with Crippen LogP contribution < -0.4 is 10.6 Å². The molecule has 0 aliphatic heterocycles. The Morgan fingerprint density at radius 3 is 2.64 bits per heavy atom. The van der Waals surface area contributed by atoms with E-state index in [1.54, 1.807) is 0 Å². The highest BCUT2D eigenvalue weighted by molar-refractivity contribution is 5.83. The van der Waals surface area contributed by atoms with Crippen LogP contribution in [0, 0.1) is 13.8 Å². The fourth-order valence-electron chi connectivity index (χ4n) is 2.56. The lowest BCUT2D eigenvalue weighted by atomic mass is 10.0. The van der Waals surface area contributed by atoms with E-state index in [4.69, 9.17) is 4.42 Å². The maximum Gasteiger partial charge on any atom is 0.315 e. The number of urea groups is 1. The maximum atomic E-state index is 11.9. The third kappa shape index (κ3) is 4.16. The zero-order valence-electron chi connectivity index (χ0n) is 14.2. The summed E-state index contributed by atoms with van der Waals surface area (Å²) in [6, 6.07) is 13.3. The third-order valence-electron chi connectivity index (χ3n) is 4.09. The van der Waals surface area contributed by atoms with Crippen molar-refractivity contribution in [1.82, 2.24) is 15.6 Å². The number of benzene rings is 2. The number of carbonyl (C=O) groups excluding carboxylic acids is 1. The quantitative estimate of drug-likeness (QED) is 0.667. The summed E-state index contributed by atoms with van der Waals surface area (Å²) in [5.74, 6) is 1.20. The van der Waals surface area contributed by atoms with Crippen LogP contribution in [-0.2, 0) is 6.54 Å². The highest BCUT2D eigenvalue weighted by Gasteiger charge is 2.11. The van der Waals surface area contributed by atoms with Crippen LogP contribution in [0.15, 0.2) is 46.9 Å². The summed E-state index contributed by atoms with van der Waals surface area (Å²) >= 11 is 0. The minimum atomic E-state index is -0.776. The summed E-state index contributed by atoms with van der Waals surface area (Å²) in [4.78, 5) is 16.0. The molecule has 0 saturated carbocycles. The predicted octanol–water partition coefficient (Wildman–Crippen LogP) is 2.98. The Bertz CT molecular complexity index is 869. The van der Waals surface area contributed by atoms with Gasteiger partial charge >= 0.3 is 6.03 Å². The van der Waals surface area contributed by atoms with E-state index in [1.807, 2.05) is 56.3 Å². The van der Waals surface area contributed by atoms with Crippen LogP contribution in [-0.4, -0.2) is 22.7 Å². The van der Waals surface area contributed by atoms with E-state index in [1.165, 1.54) is 0 Å². The second-order valence-corrected chi connectivity index (χ2v) is 5.94. The van der Waals surface area contributed by atoms with Crippen molar-refractivity contribution in [1.29, 1.82) is 0 Å². The SMILES string of the molecule is Cc1nc(CNC(=O)NCC(O)c2ccc3ccccc3c2)oc1C. The van der Waals surface area contributed by atoms with E-state index < -0.39 is 6.10 Å². The van der Waals surface area contributed by atoms with Crippen LogP contribution in [0.25, 0.3) is 10.8 Å². The van der Waals surface area contributed by atoms with Crippen LogP contribution in [0.4, 0.5) is 4.79 Å². The first-order chi connectivity index (χ1) is 12.0. The number of fused-ring (bicyclic) bond motifs is 1. The lowest BCUT2D eigenvalue weighted by Gasteiger charge is -2.13. The number of amides is 2. The second kappa shape index (κ2) is 7.36. The minimum absolute atomic E-state index is 0.119. The lowest BCUT2D eigenvalue weighted by molar-refractivity contribution is 0.173. The predicted molar refractivity (Wildman–Crippen MR) is 95.1 cm³/mol. The van der Waals surface area contributed by atoms with Crippen molar-refractivity contribution < 1.29 is 14.3 Å². The minimum Gasteiger partial charge on any atom is -0.444 e. The smallest absolute Gasteiger partial charge is 0.315 e. The van der Waals surface area contributed by atoms with Crippen molar-refractivity contribution in [3.63, 3.8) is 0 Å². The molecule has 2 amide bonds. The number of rotatable bonds is 5. The van der Waals surface area contributed by atoms with Crippen LogP contribution in [0.3, 0.4) is 0 Å². The van der Waals surface area contributed by atoms with Crippen molar-refractivity contribution in [2.75, 3.05) is 6.54 Å². The molecule has 0 aliphatic rings. The van der Waals surface area contributed by atoms with Gasteiger partial charge in [-0.1, -0.05) is 36.4 Å². The van der Waals surface area contributed by atoms with E-state index in [0.717, 1.165) is 27.8 Å². The van der Waals surface area contributed by atoms with Gasteiger partial charge in [-0.2, -0.15) is 0 Å². The fraction of sp³-hybridized carbons (Fsp3) is 0.263. The number of nitrogens with one attached hydrogen (secondary N) is 2.